The number of hydrogen-bond donors (Lipinski definition) is 2. The van der Waals surface area contributed by atoms with E-state index in [-0.39, 0.29) is 11.5 Å². The van der Waals surface area contributed by atoms with E-state index in [2.05, 4.69) is 54.5 Å². The topological polar surface area (TPSA) is 40.5 Å². The molecule has 2 heteroatoms. The summed E-state index contributed by atoms with van der Waals surface area (Å²) < 4.78 is 0. The molecule has 0 radical (unpaired) electrons. The summed E-state index contributed by atoms with van der Waals surface area (Å²) in [6, 6.07) is 0. The molecule has 33 heavy (non-hydrogen) atoms. The highest BCUT2D eigenvalue weighted by Gasteiger charge is 2.67. The number of aliphatic hydroxyl groups is 2. The van der Waals surface area contributed by atoms with Gasteiger partial charge in [0.05, 0.1) is 11.7 Å². The minimum atomic E-state index is -0.575. The van der Waals surface area contributed by atoms with Gasteiger partial charge in [0.25, 0.3) is 0 Å². The van der Waals surface area contributed by atoms with Gasteiger partial charge in [-0.05, 0) is 111 Å². The molecule has 4 aliphatic rings. The minimum Gasteiger partial charge on any atom is -0.392 e. The van der Waals surface area contributed by atoms with Gasteiger partial charge >= 0.3 is 0 Å². The molecular weight excluding hydrogens is 404 g/mol. The van der Waals surface area contributed by atoms with Crippen molar-refractivity contribution in [1.29, 1.82) is 0 Å². The van der Waals surface area contributed by atoms with Gasteiger partial charge < -0.3 is 10.2 Å². The molecule has 2 nitrogen and oxygen atoms in total. The van der Waals surface area contributed by atoms with Crippen LogP contribution < -0.4 is 0 Å². The van der Waals surface area contributed by atoms with Crippen molar-refractivity contribution in [3.05, 3.63) is 11.6 Å². The zero-order valence-corrected chi connectivity index (χ0v) is 23.3. The average molecular weight is 459 g/mol. The van der Waals surface area contributed by atoms with Crippen LogP contribution in [0.4, 0.5) is 0 Å². The molecule has 190 valence electrons. The molecule has 0 saturated heterocycles. The molecule has 3 saturated carbocycles. The highest BCUT2D eigenvalue weighted by molar-refractivity contribution is 5.30. The molecule has 0 heterocycles. The minimum absolute atomic E-state index is 0.0670. The number of hydrogen-bond acceptors (Lipinski definition) is 2. The Morgan fingerprint density at radius 1 is 0.939 bits per heavy atom. The van der Waals surface area contributed by atoms with Crippen LogP contribution >= 0.6 is 0 Å². The fraction of sp³-hybridized carbons (Fsp3) is 0.935. The summed E-state index contributed by atoms with van der Waals surface area (Å²) in [5, 5.41) is 21.2. The summed E-state index contributed by atoms with van der Waals surface area (Å²) in [6.07, 6.45) is 13.6. The van der Waals surface area contributed by atoms with Crippen molar-refractivity contribution < 1.29 is 10.2 Å². The van der Waals surface area contributed by atoms with Crippen LogP contribution in [0.15, 0.2) is 11.6 Å². The van der Waals surface area contributed by atoms with Gasteiger partial charge in [0, 0.05) is 5.41 Å². The third kappa shape index (κ3) is 3.71. The SMILES string of the molecule is CC(CCC(C)C(C)(C)O)C1CCC2(C)C3CC=C4C(CCC(O)C4(C)C)C3(C)CCC12C. The van der Waals surface area contributed by atoms with Crippen molar-refractivity contribution in [1.82, 2.24) is 0 Å². The van der Waals surface area contributed by atoms with Crippen LogP contribution in [-0.4, -0.2) is 21.9 Å². The Hall–Kier alpha value is -0.340. The van der Waals surface area contributed by atoms with Crippen molar-refractivity contribution in [2.45, 2.75) is 132 Å². The van der Waals surface area contributed by atoms with Crippen molar-refractivity contribution >= 4 is 0 Å². The molecule has 0 spiro atoms. The predicted molar refractivity (Wildman–Crippen MR) is 139 cm³/mol. The molecular formula is C31H54O2. The van der Waals surface area contributed by atoms with E-state index in [1.165, 1.54) is 44.9 Å². The largest absolute Gasteiger partial charge is 0.392 e. The Bertz CT molecular complexity index is 774. The monoisotopic (exact) mass is 458 g/mol. The van der Waals surface area contributed by atoms with Crippen molar-refractivity contribution in [2.75, 3.05) is 0 Å². The molecule has 4 aliphatic carbocycles. The molecule has 0 amide bonds. The summed E-state index contributed by atoms with van der Waals surface area (Å²) in [7, 11) is 0. The summed E-state index contributed by atoms with van der Waals surface area (Å²) in [6.45, 7) is 21.2. The van der Waals surface area contributed by atoms with Gasteiger partial charge in [0.15, 0.2) is 0 Å². The van der Waals surface area contributed by atoms with Gasteiger partial charge in [0.1, 0.15) is 0 Å². The Kier molecular flexibility index (Phi) is 6.31. The van der Waals surface area contributed by atoms with E-state index < -0.39 is 5.60 Å². The van der Waals surface area contributed by atoms with Crippen LogP contribution in [0, 0.1) is 51.2 Å². The van der Waals surface area contributed by atoms with Gasteiger partial charge in [-0.3, -0.25) is 0 Å². The fourth-order valence-corrected chi connectivity index (χ4v) is 9.70. The van der Waals surface area contributed by atoms with E-state index in [1.807, 2.05) is 13.8 Å². The third-order valence-electron chi connectivity index (χ3n) is 12.8. The van der Waals surface area contributed by atoms with Crippen LogP contribution in [0.1, 0.15) is 120 Å². The number of fused-ring (bicyclic) bond motifs is 5. The Balaban J connectivity index is 1.58. The summed E-state index contributed by atoms with van der Waals surface area (Å²) in [5.74, 6) is 3.29. The van der Waals surface area contributed by atoms with Crippen LogP contribution in [-0.2, 0) is 0 Å². The van der Waals surface area contributed by atoms with E-state index in [0.717, 1.165) is 30.6 Å². The fourth-order valence-electron chi connectivity index (χ4n) is 9.70. The lowest BCUT2D eigenvalue weighted by molar-refractivity contribution is -0.145. The second kappa shape index (κ2) is 8.09. The van der Waals surface area contributed by atoms with Gasteiger partial charge in [-0.2, -0.15) is 0 Å². The van der Waals surface area contributed by atoms with Crippen LogP contribution in [0.5, 0.6) is 0 Å². The smallest absolute Gasteiger partial charge is 0.0628 e. The standard InChI is InChI=1S/C31H54O2/c1-20(10-11-21(2)28(5,6)33)22-16-17-31(9)25-14-12-23-24(13-15-26(32)27(23,3)4)29(25,7)18-19-30(22,31)8/h12,20-22,24-26,32-33H,10-11,13-19H2,1-9H3. The van der Waals surface area contributed by atoms with Crippen molar-refractivity contribution in [3.63, 3.8) is 0 Å². The molecule has 0 aromatic carbocycles. The quantitative estimate of drug-likeness (QED) is 0.413. The maximum absolute atomic E-state index is 10.8. The van der Waals surface area contributed by atoms with E-state index in [0.29, 0.717) is 28.1 Å². The van der Waals surface area contributed by atoms with E-state index in [1.54, 1.807) is 5.57 Å². The Morgan fingerprint density at radius 3 is 2.24 bits per heavy atom. The lowest BCUT2D eigenvalue weighted by atomic mass is 9.39. The molecule has 0 aliphatic heterocycles. The van der Waals surface area contributed by atoms with Gasteiger partial charge in [-0.25, -0.2) is 0 Å². The molecule has 0 aromatic rings. The Morgan fingerprint density at radius 2 is 1.61 bits per heavy atom. The van der Waals surface area contributed by atoms with Crippen LogP contribution in [0.3, 0.4) is 0 Å². The first-order valence-electron chi connectivity index (χ1n) is 14.2. The Labute approximate surface area is 205 Å². The van der Waals surface area contributed by atoms with Crippen molar-refractivity contribution in [3.8, 4) is 0 Å². The lowest BCUT2D eigenvalue weighted by Crippen LogP contribution is -2.59. The molecule has 0 aromatic heterocycles. The zero-order chi connectivity index (χ0) is 24.6. The number of allylic oxidation sites excluding steroid dienone is 1. The highest BCUT2D eigenvalue weighted by atomic mass is 16.3. The molecule has 9 unspecified atom stereocenters. The average Bonchev–Trinajstić information content (AvgIpc) is 2.99. The third-order valence-corrected chi connectivity index (χ3v) is 12.8. The molecule has 2 N–H and O–H groups in total. The lowest BCUT2D eigenvalue weighted by Gasteiger charge is -2.66. The van der Waals surface area contributed by atoms with Gasteiger partial charge in [0.2, 0.25) is 0 Å². The highest BCUT2D eigenvalue weighted by Crippen LogP contribution is 2.75. The first kappa shape index (κ1) is 25.7. The number of aliphatic hydroxyl groups excluding tert-OH is 1. The summed E-state index contributed by atoms with van der Waals surface area (Å²) >= 11 is 0. The second-order valence-electron chi connectivity index (χ2n) is 14.9. The van der Waals surface area contributed by atoms with Crippen LogP contribution in [0.2, 0.25) is 0 Å². The normalized spacial score (nSPS) is 46.6. The molecule has 3 fully saturated rings. The van der Waals surface area contributed by atoms with Gasteiger partial charge in [-0.1, -0.05) is 66.5 Å². The van der Waals surface area contributed by atoms with Crippen LogP contribution in [0.25, 0.3) is 0 Å². The van der Waals surface area contributed by atoms with E-state index >= 15 is 0 Å². The number of rotatable bonds is 5. The summed E-state index contributed by atoms with van der Waals surface area (Å²) in [4.78, 5) is 0. The molecule has 9 atom stereocenters. The summed E-state index contributed by atoms with van der Waals surface area (Å²) in [5.41, 5.74) is 2.14. The molecule has 0 bridgehead atoms. The van der Waals surface area contributed by atoms with E-state index in [4.69, 9.17) is 0 Å². The maximum Gasteiger partial charge on any atom is 0.0628 e. The first-order valence-corrected chi connectivity index (χ1v) is 14.2. The van der Waals surface area contributed by atoms with Gasteiger partial charge in [-0.15, -0.1) is 0 Å². The first-order chi connectivity index (χ1) is 15.1. The maximum atomic E-state index is 10.8. The second-order valence-corrected chi connectivity index (χ2v) is 14.9. The molecule has 4 rings (SSSR count). The zero-order valence-electron chi connectivity index (χ0n) is 23.3. The van der Waals surface area contributed by atoms with Crippen molar-refractivity contribution in [2.24, 2.45) is 51.2 Å². The van der Waals surface area contributed by atoms with E-state index in [9.17, 15) is 10.2 Å². The predicted octanol–water partition coefficient (Wildman–Crippen LogP) is 7.78.